The zero-order valence-corrected chi connectivity index (χ0v) is 10.5. The summed E-state index contributed by atoms with van der Waals surface area (Å²) in [5.41, 5.74) is 0.186. The van der Waals surface area contributed by atoms with Crippen molar-refractivity contribution in [3.05, 3.63) is 37.3 Å². The molecule has 0 aliphatic carbocycles. The van der Waals surface area contributed by atoms with E-state index < -0.39 is 5.97 Å². The maximum atomic E-state index is 11.8. The van der Waals surface area contributed by atoms with Gasteiger partial charge in [-0.15, -0.1) is 0 Å². The second kappa shape index (κ2) is 7.55. The summed E-state index contributed by atoms with van der Waals surface area (Å²) in [5.74, 6) is 0.0461. The molecule has 0 bridgehead atoms. The zero-order valence-electron chi connectivity index (χ0n) is 10.5. The molecule has 0 fully saturated rings. The third-order valence-corrected chi connectivity index (χ3v) is 2.15. The fourth-order valence-corrected chi connectivity index (χ4v) is 1.30. The van der Waals surface area contributed by atoms with Crippen molar-refractivity contribution in [2.75, 3.05) is 14.2 Å². The van der Waals surface area contributed by atoms with Crippen LogP contribution in [0.3, 0.4) is 0 Å². The first kappa shape index (κ1) is 14.3. The van der Waals surface area contributed by atoms with Gasteiger partial charge in [-0.25, -0.2) is 4.79 Å². The normalized spacial score (nSPS) is 9.94. The minimum absolute atomic E-state index is 0.186. The van der Waals surface area contributed by atoms with Crippen LogP contribution in [0.25, 0.3) is 0 Å². The second-order valence-corrected chi connectivity index (χ2v) is 3.31. The molecule has 98 valence electrons. The second-order valence-electron chi connectivity index (χ2n) is 3.31. The van der Waals surface area contributed by atoms with Crippen LogP contribution >= 0.6 is 0 Å². The molecule has 5 heteroatoms. The number of carbonyl (C=O) groups is 1. The summed E-state index contributed by atoms with van der Waals surface area (Å²) >= 11 is 0. The number of hydrogen-bond acceptors (Lipinski definition) is 5. The molecule has 1 aromatic carbocycles. The number of carbonyl (C=O) groups excluding carboxylic acids is 1. The molecule has 0 spiro atoms. The molecular weight excluding hydrogens is 236 g/mol. The minimum Gasteiger partial charge on any atom is -0.496 e. The molecule has 0 saturated carbocycles. The zero-order chi connectivity index (χ0) is 13.4. The van der Waals surface area contributed by atoms with Crippen molar-refractivity contribution in [3.63, 3.8) is 0 Å². The number of benzene rings is 1. The lowest BCUT2D eigenvalue weighted by Gasteiger charge is -2.11. The summed E-state index contributed by atoms with van der Waals surface area (Å²) in [6.07, 6.45) is 1.26. The van der Waals surface area contributed by atoms with Gasteiger partial charge in [0.05, 0.1) is 14.2 Å². The number of hydrogen-bond donors (Lipinski definition) is 0. The van der Waals surface area contributed by atoms with E-state index in [1.165, 1.54) is 20.8 Å². The van der Waals surface area contributed by atoms with Gasteiger partial charge in [-0.05, 0) is 18.6 Å². The quantitative estimate of drug-likeness (QED) is 0.424. The van der Waals surface area contributed by atoms with Gasteiger partial charge in [0.1, 0.15) is 23.7 Å². The van der Waals surface area contributed by atoms with Crippen LogP contribution in [0.5, 0.6) is 11.5 Å². The topological polar surface area (TPSA) is 54.0 Å². The fourth-order valence-electron chi connectivity index (χ4n) is 1.30. The lowest BCUT2D eigenvalue weighted by atomic mass is 10.2. The van der Waals surface area contributed by atoms with Crippen molar-refractivity contribution in [1.82, 2.24) is 0 Å². The van der Waals surface area contributed by atoms with Gasteiger partial charge >= 0.3 is 5.97 Å². The van der Waals surface area contributed by atoms with E-state index >= 15 is 0 Å². The lowest BCUT2D eigenvalue weighted by molar-refractivity contribution is -0.213. The van der Waals surface area contributed by atoms with Crippen LogP contribution in [0.4, 0.5) is 0 Å². The van der Waals surface area contributed by atoms with E-state index in [0.29, 0.717) is 24.3 Å². The highest BCUT2D eigenvalue weighted by atomic mass is 17.2. The molecule has 0 aromatic heterocycles. The van der Waals surface area contributed by atoms with Gasteiger partial charge in [-0.1, -0.05) is 19.4 Å². The molecule has 2 radical (unpaired) electrons. The molecule has 0 unspecified atom stereocenters. The van der Waals surface area contributed by atoms with Crippen LogP contribution in [0.1, 0.15) is 23.2 Å². The fraction of sp³-hybridized carbons (Fsp3) is 0.308. The van der Waals surface area contributed by atoms with Gasteiger partial charge in [0, 0.05) is 0 Å². The van der Waals surface area contributed by atoms with Crippen LogP contribution in [-0.2, 0) is 9.78 Å². The maximum Gasteiger partial charge on any atom is 0.380 e. The van der Waals surface area contributed by atoms with Crippen molar-refractivity contribution in [3.8, 4) is 11.5 Å². The number of rotatable bonds is 7. The van der Waals surface area contributed by atoms with E-state index in [-0.39, 0.29) is 5.56 Å². The highest BCUT2D eigenvalue weighted by molar-refractivity contribution is 5.95. The SMILES string of the molecule is [CH2]CC[CH]OOC(=O)c1c(OC)cccc1OC. The summed E-state index contributed by atoms with van der Waals surface area (Å²) in [6, 6.07) is 4.99. The Hall–Kier alpha value is -1.75. The first-order valence-electron chi connectivity index (χ1n) is 5.44. The summed E-state index contributed by atoms with van der Waals surface area (Å²) in [4.78, 5) is 21.1. The van der Waals surface area contributed by atoms with Gasteiger partial charge < -0.3 is 9.47 Å². The van der Waals surface area contributed by atoms with Crippen LogP contribution in [0, 0.1) is 13.5 Å². The van der Waals surface area contributed by atoms with E-state index in [0.717, 1.165) is 0 Å². The standard InChI is InChI=1S/C13H16O5/c1-4-5-9-17-18-13(14)12-10(15-2)7-6-8-11(12)16-3/h6-9H,1,4-5H2,2-3H3. The molecule has 1 rings (SSSR count). The largest absolute Gasteiger partial charge is 0.496 e. The van der Waals surface area contributed by atoms with Crippen molar-refractivity contribution in [1.29, 1.82) is 0 Å². The van der Waals surface area contributed by atoms with Gasteiger partial charge in [0.25, 0.3) is 0 Å². The lowest BCUT2D eigenvalue weighted by Crippen LogP contribution is -2.09. The smallest absolute Gasteiger partial charge is 0.380 e. The Balaban J connectivity index is 2.76. The predicted octanol–water partition coefficient (Wildman–Crippen LogP) is 2.57. The van der Waals surface area contributed by atoms with Gasteiger partial charge in [0.2, 0.25) is 0 Å². The molecule has 0 aliphatic rings. The Labute approximate surface area is 107 Å². The summed E-state index contributed by atoms with van der Waals surface area (Å²) in [6.45, 7) is 4.99. The molecule has 0 atom stereocenters. The molecule has 18 heavy (non-hydrogen) atoms. The average Bonchev–Trinajstić information content (AvgIpc) is 2.42. The molecule has 1 aromatic rings. The first-order valence-corrected chi connectivity index (χ1v) is 5.44. The molecule has 0 amide bonds. The minimum atomic E-state index is -0.676. The Kier molecular flexibility index (Phi) is 6.00. The monoisotopic (exact) mass is 252 g/mol. The summed E-state index contributed by atoms with van der Waals surface area (Å²) in [7, 11) is 2.92. The first-order chi connectivity index (χ1) is 8.74. The van der Waals surface area contributed by atoms with Gasteiger partial charge in [0.15, 0.2) is 0 Å². The Morgan fingerprint density at radius 3 is 2.39 bits per heavy atom. The van der Waals surface area contributed by atoms with Gasteiger partial charge in [-0.2, -0.15) is 4.89 Å². The molecule has 0 N–H and O–H groups in total. The Morgan fingerprint density at radius 2 is 1.89 bits per heavy atom. The van der Waals surface area contributed by atoms with E-state index in [1.54, 1.807) is 18.2 Å². The molecular formula is C13H16O5. The van der Waals surface area contributed by atoms with E-state index in [2.05, 4.69) is 16.7 Å². The van der Waals surface area contributed by atoms with E-state index in [1.807, 2.05) is 0 Å². The summed E-state index contributed by atoms with van der Waals surface area (Å²) in [5, 5.41) is 0. The number of ether oxygens (including phenoxy) is 2. The molecule has 0 heterocycles. The van der Waals surface area contributed by atoms with Crippen LogP contribution in [-0.4, -0.2) is 20.2 Å². The van der Waals surface area contributed by atoms with Crippen molar-refractivity contribution >= 4 is 5.97 Å². The highest BCUT2D eigenvalue weighted by Crippen LogP contribution is 2.28. The van der Waals surface area contributed by atoms with Crippen molar-refractivity contribution in [2.45, 2.75) is 12.8 Å². The average molecular weight is 252 g/mol. The van der Waals surface area contributed by atoms with Crippen molar-refractivity contribution in [2.24, 2.45) is 0 Å². The van der Waals surface area contributed by atoms with E-state index in [9.17, 15) is 4.79 Å². The van der Waals surface area contributed by atoms with Crippen molar-refractivity contribution < 1.29 is 24.0 Å². The molecule has 5 nitrogen and oxygen atoms in total. The summed E-state index contributed by atoms with van der Waals surface area (Å²) < 4.78 is 10.2. The molecule has 0 saturated heterocycles. The van der Waals surface area contributed by atoms with Crippen LogP contribution in [0.2, 0.25) is 0 Å². The third kappa shape index (κ3) is 3.63. The number of methoxy groups -OCH3 is 2. The predicted molar refractivity (Wildman–Crippen MR) is 64.9 cm³/mol. The van der Waals surface area contributed by atoms with E-state index in [4.69, 9.17) is 9.47 Å². The Bertz CT molecular complexity index is 367. The van der Waals surface area contributed by atoms with Crippen LogP contribution in [0.15, 0.2) is 18.2 Å². The van der Waals surface area contributed by atoms with Crippen LogP contribution < -0.4 is 9.47 Å². The molecule has 0 aliphatic heterocycles. The number of unbranched alkanes of at least 4 members (excludes halogenated alkanes) is 1. The highest BCUT2D eigenvalue weighted by Gasteiger charge is 2.20. The Morgan fingerprint density at radius 1 is 1.28 bits per heavy atom. The van der Waals surface area contributed by atoms with Gasteiger partial charge in [-0.3, -0.25) is 4.89 Å². The third-order valence-electron chi connectivity index (χ3n) is 2.15. The maximum absolute atomic E-state index is 11.8.